The minimum absolute atomic E-state index is 0.262. The molecule has 5 heteroatoms. The van der Waals surface area contributed by atoms with Gasteiger partial charge in [-0.1, -0.05) is 6.58 Å². The van der Waals surface area contributed by atoms with E-state index in [1.807, 2.05) is 0 Å². The highest BCUT2D eigenvalue weighted by atomic mass is 35.5. The number of nitrogens with zero attached hydrogens (tertiary/aromatic N) is 1. The molecule has 0 heterocycles. The van der Waals surface area contributed by atoms with Crippen LogP contribution in [-0.4, -0.2) is 30.7 Å². The molecule has 0 aromatic heterocycles. The summed E-state index contributed by atoms with van der Waals surface area (Å²) in [6.07, 6.45) is -1.56. The van der Waals surface area contributed by atoms with Gasteiger partial charge in [-0.3, -0.25) is 4.79 Å². The number of alkyl halides is 2. The zero-order valence-corrected chi connectivity index (χ0v) is 8.11. The van der Waals surface area contributed by atoms with Crippen LogP contribution in [0.1, 0.15) is 0 Å². The van der Waals surface area contributed by atoms with Gasteiger partial charge >= 0.3 is 0 Å². The molecule has 0 spiro atoms. The Kier molecular flexibility index (Phi) is 4.62. The third-order valence-corrected chi connectivity index (χ3v) is 1.41. The Morgan fingerprint density at radius 2 is 2.00 bits per heavy atom. The van der Waals surface area contributed by atoms with Crippen LogP contribution in [0, 0.1) is 0 Å². The fourth-order valence-electron chi connectivity index (χ4n) is 0.636. The average Bonchev–Trinajstić information content (AvgIpc) is 1.97. The van der Waals surface area contributed by atoms with Gasteiger partial charge < -0.3 is 4.90 Å². The molecule has 0 aromatic rings. The van der Waals surface area contributed by atoms with Crippen molar-refractivity contribution in [2.24, 2.45) is 0 Å². The lowest BCUT2D eigenvalue weighted by Gasteiger charge is -2.10. The predicted octanol–water partition coefficient (Wildman–Crippen LogP) is 2.02. The van der Waals surface area contributed by atoms with Crippen molar-refractivity contribution in [1.29, 1.82) is 0 Å². The molecule has 0 aliphatic heterocycles. The van der Waals surface area contributed by atoms with Crippen LogP contribution in [-0.2, 0) is 4.79 Å². The van der Waals surface area contributed by atoms with Crippen molar-refractivity contribution < 1.29 is 13.6 Å². The zero-order valence-electron chi connectivity index (χ0n) is 7.35. The van der Waals surface area contributed by atoms with Crippen molar-refractivity contribution in [3.63, 3.8) is 0 Å². The summed E-state index contributed by atoms with van der Waals surface area (Å²) in [5.41, 5.74) is -0.824. The Labute approximate surface area is 80.5 Å². The Morgan fingerprint density at radius 1 is 1.54 bits per heavy atom. The van der Waals surface area contributed by atoms with Gasteiger partial charge in [-0.2, -0.15) is 0 Å². The number of carbonyl (C=O) groups excluding carboxylic acids is 1. The first-order valence-electron chi connectivity index (χ1n) is 3.41. The van der Waals surface area contributed by atoms with Crippen molar-refractivity contribution in [3.8, 4) is 0 Å². The summed E-state index contributed by atoms with van der Waals surface area (Å²) in [5.74, 6) is 0. The summed E-state index contributed by atoms with van der Waals surface area (Å²) >= 11 is 5.10. The van der Waals surface area contributed by atoms with E-state index in [2.05, 4.69) is 6.58 Å². The molecule has 0 saturated heterocycles. The minimum Gasteiger partial charge on any atom is -0.383 e. The molecule has 0 bridgehead atoms. The number of rotatable bonds is 4. The number of halogens is 3. The summed E-state index contributed by atoms with van der Waals surface area (Å²) in [5, 5.41) is -0.931. The first-order chi connectivity index (χ1) is 5.86. The average molecular weight is 210 g/mol. The van der Waals surface area contributed by atoms with E-state index in [0.29, 0.717) is 0 Å². The minimum atomic E-state index is -2.77. The van der Waals surface area contributed by atoms with Crippen LogP contribution in [0.2, 0.25) is 0 Å². The maximum atomic E-state index is 12.1. The standard InChI is InChI=1S/C8H10ClF2NO/c1-5(8(10)11)6(7(9)13)4-12(2)3/h4,8H,1H2,2-3H3/b6-4+. The molecule has 0 aliphatic rings. The van der Waals surface area contributed by atoms with E-state index in [4.69, 9.17) is 11.6 Å². The summed E-state index contributed by atoms with van der Waals surface area (Å²) < 4.78 is 24.2. The van der Waals surface area contributed by atoms with Crippen LogP contribution < -0.4 is 0 Å². The van der Waals surface area contributed by atoms with Gasteiger partial charge in [0.05, 0.1) is 5.57 Å². The zero-order chi connectivity index (χ0) is 10.6. The highest BCUT2D eigenvalue weighted by Crippen LogP contribution is 2.18. The van der Waals surface area contributed by atoms with Gasteiger partial charge in [-0.15, -0.1) is 0 Å². The van der Waals surface area contributed by atoms with Crippen LogP contribution in [0.15, 0.2) is 23.9 Å². The Balaban J connectivity index is 4.83. The van der Waals surface area contributed by atoms with E-state index in [0.717, 1.165) is 0 Å². The maximum absolute atomic E-state index is 12.1. The van der Waals surface area contributed by atoms with Gasteiger partial charge in [0.1, 0.15) is 0 Å². The lowest BCUT2D eigenvalue weighted by Crippen LogP contribution is -2.10. The summed E-state index contributed by atoms with van der Waals surface area (Å²) in [7, 11) is 3.19. The summed E-state index contributed by atoms with van der Waals surface area (Å²) in [6, 6.07) is 0. The molecule has 0 atom stereocenters. The quantitative estimate of drug-likeness (QED) is 0.401. The van der Waals surface area contributed by atoms with Crippen molar-refractivity contribution in [3.05, 3.63) is 23.9 Å². The van der Waals surface area contributed by atoms with Crippen LogP contribution in [0.4, 0.5) is 8.78 Å². The molecule has 0 aliphatic carbocycles. The van der Waals surface area contributed by atoms with Crippen LogP contribution in [0.5, 0.6) is 0 Å². The third kappa shape index (κ3) is 4.03. The van der Waals surface area contributed by atoms with Crippen molar-refractivity contribution in [2.45, 2.75) is 6.43 Å². The topological polar surface area (TPSA) is 20.3 Å². The Hall–Kier alpha value is -0.900. The van der Waals surface area contributed by atoms with Crippen LogP contribution in [0.3, 0.4) is 0 Å². The van der Waals surface area contributed by atoms with Gasteiger partial charge in [0, 0.05) is 25.9 Å². The predicted molar refractivity (Wildman–Crippen MR) is 47.8 cm³/mol. The third-order valence-electron chi connectivity index (χ3n) is 1.21. The molecule has 0 radical (unpaired) electrons. The van der Waals surface area contributed by atoms with E-state index in [-0.39, 0.29) is 5.57 Å². The Bertz CT molecular complexity index is 249. The molecule has 0 amide bonds. The second-order valence-electron chi connectivity index (χ2n) is 2.61. The largest absolute Gasteiger partial charge is 0.383 e. The normalized spacial score (nSPS) is 11.7. The van der Waals surface area contributed by atoms with Crippen LogP contribution >= 0.6 is 11.6 Å². The van der Waals surface area contributed by atoms with E-state index in [1.54, 1.807) is 14.1 Å². The fraction of sp³-hybridized carbons (Fsp3) is 0.375. The summed E-state index contributed by atoms with van der Waals surface area (Å²) in [6.45, 7) is 3.08. The number of carbonyl (C=O) groups is 1. The molecule has 0 fully saturated rings. The van der Waals surface area contributed by atoms with Crippen molar-refractivity contribution in [1.82, 2.24) is 4.90 Å². The smallest absolute Gasteiger partial charge is 0.264 e. The van der Waals surface area contributed by atoms with E-state index >= 15 is 0 Å². The molecule has 0 saturated carbocycles. The summed E-state index contributed by atoms with van der Waals surface area (Å²) in [4.78, 5) is 12.1. The van der Waals surface area contributed by atoms with Gasteiger partial charge in [0.15, 0.2) is 0 Å². The number of hydrogen-bond donors (Lipinski definition) is 0. The molecular weight excluding hydrogens is 200 g/mol. The molecule has 0 N–H and O–H groups in total. The van der Waals surface area contributed by atoms with Crippen LogP contribution in [0.25, 0.3) is 0 Å². The van der Waals surface area contributed by atoms with Gasteiger partial charge in [0.25, 0.3) is 11.7 Å². The monoisotopic (exact) mass is 209 g/mol. The first kappa shape index (κ1) is 12.1. The molecule has 0 rings (SSSR count). The molecule has 0 aromatic carbocycles. The lowest BCUT2D eigenvalue weighted by atomic mass is 10.1. The maximum Gasteiger partial charge on any atom is 0.264 e. The van der Waals surface area contributed by atoms with Crippen molar-refractivity contribution in [2.75, 3.05) is 14.1 Å². The molecule has 13 heavy (non-hydrogen) atoms. The second kappa shape index (κ2) is 4.97. The molecule has 0 unspecified atom stereocenters. The van der Waals surface area contributed by atoms with E-state index in [9.17, 15) is 13.6 Å². The highest BCUT2D eigenvalue weighted by Gasteiger charge is 2.18. The van der Waals surface area contributed by atoms with Crippen molar-refractivity contribution >= 4 is 16.8 Å². The molecular formula is C8H10ClF2NO. The highest BCUT2D eigenvalue weighted by molar-refractivity contribution is 6.68. The van der Waals surface area contributed by atoms with Gasteiger partial charge in [-0.05, 0) is 11.6 Å². The van der Waals surface area contributed by atoms with Gasteiger partial charge in [-0.25, -0.2) is 8.78 Å². The fourth-order valence-corrected chi connectivity index (χ4v) is 0.806. The van der Waals surface area contributed by atoms with E-state index < -0.39 is 17.2 Å². The molecule has 2 nitrogen and oxygen atoms in total. The molecule has 74 valence electrons. The Morgan fingerprint density at radius 3 is 2.23 bits per heavy atom. The van der Waals surface area contributed by atoms with Gasteiger partial charge in [0.2, 0.25) is 0 Å². The first-order valence-corrected chi connectivity index (χ1v) is 3.79. The van der Waals surface area contributed by atoms with E-state index in [1.165, 1.54) is 11.1 Å². The number of allylic oxidation sites excluding steroid dienone is 2. The number of hydrogen-bond acceptors (Lipinski definition) is 2. The lowest BCUT2D eigenvalue weighted by molar-refractivity contribution is -0.108. The SMILES string of the molecule is C=C(/C(=C\N(C)C)C(=O)Cl)C(F)F. The second-order valence-corrected chi connectivity index (χ2v) is 2.95.